The van der Waals surface area contributed by atoms with Crippen molar-refractivity contribution in [1.29, 1.82) is 0 Å². The zero-order valence-corrected chi connectivity index (χ0v) is 18.6. The van der Waals surface area contributed by atoms with E-state index in [1.165, 1.54) is 6.07 Å². The zero-order valence-electron chi connectivity index (χ0n) is 16.2. The number of fused-ring (bicyclic) bond motifs is 1. The Labute approximate surface area is 178 Å². The van der Waals surface area contributed by atoms with Crippen LogP contribution in [0.15, 0.2) is 29.4 Å². The number of hydrogen-bond acceptors (Lipinski definition) is 2. The van der Waals surface area contributed by atoms with Crippen molar-refractivity contribution >= 4 is 40.8 Å². The van der Waals surface area contributed by atoms with Crippen molar-refractivity contribution < 1.29 is 9.50 Å². The van der Waals surface area contributed by atoms with Crippen LogP contribution in [-0.2, 0) is 6.42 Å². The molecule has 2 rings (SSSR count). The monoisotopic (exact) mass is 490 g/mol. The number of aliphatic imine (C=N–C) groups is 1. The third kappa shape index (κ3) is 7.65. The molecule has 0 aliphatic rings. The largest absolute Gasteiger partial charge is 0.396 e. The van der Waals surface area contributed by atoms with E-state index in [1.807, 2.05) is 13.1 Å². The summed E-state index contributed by atoms with van der Waals surface area (Å²) >= 11 is 0. The fourth-order valence-electron chi connectivity index (χ4n) is 3.15. The first-order chi connectivity index (χ1) is 12.7. The number of rotatable bonds is 10. The maximum Gasteiger partial charge on any atom is 0.191 e. The number of H-pyrrole nitrogens is 1. The van der Waals surface area contributed by atoms with Crippen molar-refractivity contribution in [1.82, 2.24) is 15.6 Å². The number of guanidine groups is 1. The fraction of sp³-hybridized carbons (Fsp3) is 0.550. The van der Waals surface area contributed by atoms with E-state index in [2.05, 4.69) is 27.5 Å². The second-order valence-corrected chi connectivity index (χ2v) is 6.57. The standard InChI is InChI=1S/C20H31FN4O.HI/c1-3-5-15(9-11-26)13-25-20(22-4-2)23-10-8-16-14-24-19-7-6-17(21)12-18(16)19;/h6-7,12,14-15,24,26H,3-5,8-11,13H2,1-2H3,(H2,22,23,25);1H. The SMILES string of the molecule is CCCC(CCO)CN=C(NCC)NCCc1c[nH]c2ccc(F)cc12.I. The molecule has 0 aliphatic heterocycles. The molecule has 1 atom stereocenters. The number of aromatic amines is 1. The Morgan fingerprint density at radius 2 is 2.07 bits per heavy atom. The van der Waals surface area contributed by atoms with E-state index in [0.29, 0.717) is 19.0 Å². The van der Waals surface area contributed by atoms with Crippen molar-refractivity contribution in [2.75, 3.05) is 26.2 Å². The van der Waals surface area contributed by atoms with Gasteiger partial charge in [-0.3, -0.25) is 4.99 Å². The summed E-state index contributed by atoms with van der Waals surface area (Å²) in [6, 6.07) is 4.81. The van der Waals surface area contributed by atoms with Gasteiger partial charge >= 0.3 is 0 Å². The Balaban J connectivity index is 0.00000364. The second-order valence-electron chi connectivity index (χ2n) is 6.57. The molecular formula is C20H32FIN4O. The van der Waals surface area contributed by atoms with E-state index in [-0.39, 0.29) is 36.4 Å². The van der Waals surface area contributed by atoms with Gasteiger partial charge in [-0.05, 0) is 55.9 Å². The average molecular weight is 490 g/mol. The number of nitrogens with one attached hydrogen (secondary N) is 3. The first-order valence-corrected chi connectivity index (χ1v) is 9.56. The van der Waals surface area contributed by atoms with Crippen molar-refractivity contribution in [2.45, 2.75) is 39.5 Å². The van der Waals surface area contributed by atoms with Crippen molar-refractivity contribution in [3.05, 3.63) is 35.8 Å². The summed E-state index contributed by atoms with van der Waals surface area (Å²) in [5.74, 6) is 0.988. The van der Waals surface area contributed by atoms with E-state index in [9.17, 15) is 9.50 Å². The minimum Gasteiger partial charge on any atom is -0.396 e. The van der Waals surface area contributed by atoms with Gasteiger partial charge in [0.1, 0.15) is 5.82 Å². The van der Waals surface area contributed by atoms with E-state index in [1.54, 1.807) is 12.1 Å². The number of nitrogens with zero attached hydrogens (tertiary/aromatic N) is 1. The van der Waals surface area contributed by atoms with Crippen molar-refractivity contribution in [2.24, 2.45) is 10.9 Å². The normalized spacial score (nSPS) is 12.7. The molecule has 0 saturated heterocycles. The van der Waals surface area contributed by atoms with E-state index in [4.69, 9.17) is 0 Å². The third-order valence-electron chi connectivity index (χ3n) is 4.50. The van der Waals surface area contributed by atoms with E-state index < -0.39 is 0 Å². The summed E-state index contributed by atoms with van der Waals surface area (Å²) in [5, 5.41) is 16.7. The van der Waals surface area contributed by atoms with Crippen LogP contribution in [0.2, 0.25) is 0 Å². The van der Waals surface area contributed by atoms with Gasteiger partial charge in [0.25, 0.3) is 0 Å². The topological polar surface area (TPSA) is 72.4 Å². The number of aliphatic hydroxyl groups excluding tert-OH is 1. The quantitative estimate of drug-likeness (QED) is 0.233. The molecule has 152 valence electrons. The minimum absolute atomic E-state index is 0. The predicted octanol–water partition coefficient (Wildman–Crippen LogP) is 3.82. The summed E-state index contributed by atoms with van der Waals surface area (Å²) in [6.07, 6.45) is 5.68. The molecule has 0 spiro atoms. The van der Waals surface area contributed by atoms with Gasteiger partial charge in [0.2, 0.25) is 0 Å². The van der Waals surface area contributed by atoms with Crippen LogP contribution in [0.1, 0.15) is 38.7 Å². The lowest BCUT2D eigenvalue weighted by Crippen LogP contribution is -2.38. The first-order valence-electron chi connectivity index (χ1n) is 9.56. The molecule has 2 aromatic rings. The van der Waals surface area contributed by atoms with E-state index in [0.717, 1.165) is 54.7 Å². The molecule has 1 unspecified atom stereocenters. The predicted molar refractivity (Wildman–Crippen MR) is 121 cm³/mol. The number of benzene rings is 1. The number of halogens is 2. The highest BCUT2D eigenvalue weighted by atomic mass is 127. The Kier molecular flexibility index (Phi) is 11.3. The summed E-state index contributed by atoms with van der Waals surface area (Å²) in [6.45, 7) is 6.62. The molecule has 5 nitrogen and oxygen atoms in total. The molecular weight excluding hydrogens is 458 g/mol. The fourth-order valence-corrected chi connectivity index (χ4v) is 3.15. The Bertz CT molecular complexity index is 698. The lowest BCUT2D eigenvalue weighted by molar-refractivity contribution is 0.253. The van der Waals surface area contributed by atoms with Gasteiger partial charge in [-0.25, -0.2) is 4.39 Å². The number of hydrogen-bond donors (Lipinski definition) is 4. The molecule has 0 aliphatic carbocycles. The second kappa shape index (κ2) is 12.9. The highest BCUT2D eigenvalue weighted by Crippen LogP contribution is 2.19. The molecule has 27 heavy (non-hydrogen) atoms. The molecule has 1 aromatic carbocycles. The molecule has 0 radical (unpaired) electrons. The van der Waals surface area contributed by atoms with Gasteiger partial charge in [0.05, 0.1) is 0 Å². The van der Waals surface area contributed by atoms with Gasteiger partial charge in [-0.15, -0.1) is 24.0 Å². The van der Waals surface area contributed by atoms with Crippen LogP contribution in [0.4, 0.5) is 4.39 Å². The first kappa shape index (κ1) is 23.7. The van der Waals surface area contributed by atoms with Gasteiger partial charge in [-0.2, -0.15) is 0 Å². The van der Waals surface area contributed by atoms with Crippen molar-refractivity contribution in [3.63, 3.8) is 0 Å². The number of aromatic nitrogens is 1. The highest BCUT2D eigenvalue weighted by Gasteiger charge is 2.08. The minimum atomic E-state index is -0.216. The molecule has 0 fully saturated rings. The summed E-state index contributed by atoms with van der Waals surface area (Å²) in [7, 11) is 0. The smallest absolute Gasteiger partial charge is 0.191 e. The average Bonchev–Trinajstić information content (AvgIpc) is 3.02. The maximum absolute atomic E-state index is 13.5. The van der Waals surface area contributed by atoms with Crippen molar-refractivity contribution in [3.8, 4) is 0 Å². The van der Waals surface area contributed by atoms with Gasteiger partial charge in [0, 0.05) is 43.3 Å². The van der Waals surface area contributed by atoms with Crippen LogP contribution in [0.5, 0.6) is 0 Å². The lowest BCUT2D eigenvalue weighted by atomic mass is 10.0. The molecule has 4 N–H and O–H groups in total. The zero-order chi connectivity index (χ0) is 18.8. The molecule has 7 heteroatoms. The maximum atomic E-state index is 13.5. The molecule has 0 amide bonds. The van der Waals surface area contributed by atoms with Crippen LogP contribution in [0.25, 0.3) is 10.9 Å². The number of aliphatic hydroxyl groups is 1. The Morgan fingerprint density at radius 3 is 2.78 bits per heavy atom. The summed E-state index contributed by atoms with van der Waals surface area (Å²) in [5.41, 5.74) is 2.04. The molecule has 0 bridgehead atoms. The lowest BCUT2D eigenvalue weighted by Gasteiger charge is -2.15. The van der Waals surface area contributed by atoms with Crippen LogP contribution in [0, 0.1) is 11.7 Å². The Hall–Kier alpha value is -1.35. The molecule has 1 heterocycles. The van der Waals surface area contributed by atoms with Gasteiger partial charge in [-0.1, -0.05) is 13.3 Å². The van der Waals surface area contributed by atoms with Gasteiger partial charge in [0.15, 0.2) is 5.96 Å². The molecule has 0 saturated carbocycles. The third-order valence-corrected chi connectivity index (χ3v) is 4.50. The van der Waals surface area contributed by atoms with Crippen LogP contribution in [-0.4, -0.2) is 42.3 Å². The van der Waals surface area contributed by atoms with E-state index >= 15 is 0 Å². The summed E-state index contributed by atoms with van der Waals surface area (Å²) in [4.78, 5) is 7.84. The van der Waals surface area contributed by atoms with Crippen LogP contribution >= 0.6 is 24.0 Å². The van der Waals surface area contributed by atoms with Crippen LogP contribution in [0.3, 0.4) is 0 Å². The Morgan fingerprint density at radius 1 is 1.26 bits per heavy atom. The van der Waals surface area contributed by atoms with Crippen LogP contribution < -0.4 is 10.6 Å². The van der Waals surface area contributed by atoms with Gasteiger partial charge < -0.3 is 20.7 Å². The molecule has 1 aromatic heterocycles. The highest BCUT2D eigenvalue weighted by molar-refractivity contribution is 14.0. The summed E-state index contributed by atoms with van der Waals surface area (Å²) < 4.78 is 13.5.